The Hall–Kier alpha value is -0.770. The van der Waals surface area contributed by atoms with Gasteiger partial charge in [-0.15, -0.1) is 6.58 Å². The Morgan fingerprint density at radius 1 is 1.85 bits per heavy atom. The molecule has 0 bridgehead atoms. The van der Waals surface area contributed by atoms with Crippen LogP contribution in [0.15, 0.2) is 28.9 Å². The molecule has 0 fully saturated rings. The fourth-order valence-electron chi connectivity index (χ4n) is 1.16. The Morgan fingerprint density at radius 3 is 2.92 bits per heavy atom. The molecule has 0 saturated carbocycles. The zero-order chi connectivity index (χ0) is 9.84. The first-order valence-electron chi connectivity index (χ1n) is 3.98. The first-order valence-corrected chi connectivity index (χ1v) is 4.36. The Labute approximate surface area is 82.5 Å². The number of nitrogens with two attached hydrogens (primary N) is 1. The van der Waals surface area contributed by atoms with Crippen LogP contribution >= 0.6 is 11.6 Å². The molecule has 4 heteroatoms. The minimum Gasteiger partial charge on any atom is -0.453 e. The lowest BCUT2D eigenvalue weighted by Gasteiger charge is -2.13. The Morgan fingerprint density at radius 2 is 2.54 bits per heavy atom. The van der Waals surface area contributed by atoms with Gasteiger partial charge < -0.3 is 4.42 Å². The molecular weight excluding hydrogens is 188 g/mol. The third-order valence-corrected chi connectivity index (χ3v) is 2.08. The highest BCUT2D eigenvalue weighted by Gasteiger charge is 2.15. The molecule has 0 aliphatic heterocycles. The fourth-order valence-corrected chi connectivity index (χ4v) is 1.41. The summed E-state index contributed by atoms with van der Waals surface area (Å²) in [7, 11) is 0. The van der Waals surface area contributed by atoms with Crippen LogP contribution in [0.4, 0.5) is 0 Å². The summed E-state index contributed by atoms with van der Waals surface area (Å²) in [6.45, 7) is 5.76. The minimum atomic E-state index is -0.0243. The number of halogens is 1. The van der Waals surface area contributed by atoms with Crippen molar-refractivity contribution in [2.24, 2.45) is 5.84 Å². The van der Waals surface area contributed by atoms with Crippen LogP contribution in [0, 0.1) is 0 Å². The number of hydrogen-bond acceptors (Lipinski definition) is 3. The quantitative estimate of drug-likeness (QED) is 0.446. The molecule has 3 N–H and O–H groups in total. The van der Waals surface area contributed by atoms with E-state index in [-0.39, 0.29) is 6.04 Å². The summed E-state index contributed by atoms with van der Waals surface area (Å²) >= 11 is 5.80. The predicted octanol–water partition coefficient (Wildman–Crippen LogP) is 2.40. The van der Waals surface area contributed by atoms with Crippen LogP contribution in [0.25, 0.3) is 0 Å². The van der Waals surface area contributed by atoms with Gasteiger partial charge in [0.25, 0.3) is 0 Å². The fraction of sp³-hybridized carbons (Fsp3) is 0.333. The lowest BCUT2D eigenvalue weighted by Crippen LogP contribution is -2.28. The van der Waals surface area contributed by atoms with E-state index >= 15 is 0 Å². The monoisotopic (exact) mass is 200 g/mol. The second-order valence-electron chi connectivity index (χ2n) is 3.03. The maximum absolute atomic E-state index is 5.80. The third kappa shape index (κ3) is 2.59. The Kier molecular flexibility index (Phi) is 3.54. The summed E-state index contributed by atoms with van der Waals surface area (Å²) < 4.78 is 4.97. The number of rotatable bonds is 4. The summed E-state index contributed by atoms with van der Waals surface area (Å²) in [6.07, 6.45) is 2.29. The topological polar surface area (TPSA) is 51.2 Å². The molecule has 0 aliphatic carbocycles. The van der Waals surface area contributed by atoms with E-state index in [0.29, 0.717) is 5.22 Å². The van der Waals surface area contributed by atoms with Gasteiger partial charge in [-0.2, -0.15) is 0 Å². The van der Waals surface area contributed by atoms with Crippen LogP contribution in [0.5, 0.6) is 0 Å². The van der Waals surface area contributed by atoms with Gasteiger partial charge in [-0.1, -0.05) is 5.57 Å². The summed E-state index contributed by atoms with van der Waals surface area (Å²) in [6, 6.07) is 1.78. The molecule has 13 heavy (non-hydrogen) atoms. The highest BCUT2D eigenvalue weighted by Crippen LogP contribution is 2.27. The van der Waals surface area contributed by atoms with E-state index in [0.717, 1.165) is 17.6 Å². The number of nitrogens with one attached hydrogen (secondary N) is 1. The third-order valence-electron chi connectivity index (χ3n) is 1.78. The van der Waals surface area contributed by atoms with Crippen LogP contribution in [0.3, 0.4) is 0 Å². The van der Waals surface area contributed by atoms with Crippen molar-refractivity contribution in [2.75, 3.05) is 0 Å². The predicted molar refractivity (Wildman–Crippen MR) is 53.2 cm³/mol. The second kappa shape index (κ2) is 4.46. The van der Waals surface area contributed by atoms with E-state index < -0.39 is 0 Å². The molecule has 0 radical (unpaired) electrons. The van der Waals surface area contributed by atoms with Gasteiger partial charge in [0.2, 0.25) is 0 Å². The van der Waals surface area contributed by atoms with Gasteiger partial charge >= 0.3 is 0 Å². The molecular formula is C9H13ClN2O. The van der Waals surface area contributed by atoms with Crippen LogP contribution in [-0.4, -0.2) is 0 Å². The van der Waals surface area contributed by atoms with E-state index in [1.807, 2.05) is 6.92 Å². The number of hydrazine groups is 1. The summed E-state index contributed by atoms with van der Waals surface area (Å²) in [5, 5.41) is 0.379. The highest BCUT2D eigenvalue weighted by molar-refractivity contribution is 6.29. The largest absolute Gasteiger partial charge is 0.453 e. The smallest absolute Gasteiger partial charge is 0.197 e. The van der Waals surface area contributed by atoms with Crippen molar-refractivity contribution in [1.82, 2.24) is 5.43 Å². The van der Waals surface area contributed by atoms with E-state index in [9.17, 15) is 0 Å². The van der Waals surface area contributed by atoms with Crippen molar-refractivity contribution in [1.29, 1.82) is 0 Å². The van der Waals surface area contributed by atoms with Crippen LogP contribution < -0.4 is 11.3 Å². The molecule has 1 aromatic rings. The minimum absolute atomic E-state index is 0.0243. The lowest BCUT2D eigenvalue weighted by molar-refractivity contribution is 0.526. The van der Waals surface area contributed by atoms with Crippen LogP contribution in [0.1, 0.15) is 24.9 Å². The molecule has 1 aromatic heterocycles. The van der Waals surface area contributed by atoms with Gasteiger partial charge in [-0.05, 0) is 31.0 Å². The zero-order valence-corrected chi connectivity index (χ0v) is 8.27. The lowest BCUT2D eigenvalue weighted by atomic mass is 10.0. The first-order chi connectivity index (χ1) is 6.15. The van der Waals surface area contributed by atoms with Gasteiger partial charge in [0.15, 0.2) is 5.22 Å². The molecule has 1 atom stereocenters. The summed E-state index contributed by atoms with van der Waals surface area (Å²) in [4.78, 5) is 0. The van der Waals surface area contributed by atoms with Gasteiger partial charge in [0.1, 0.15) is 0 Å². The first kappa shape index (κ1) is 10.3. The molecule has 0 aromatic carbocycles. The average Bonchev–Trinajstić information content (AvgIpc) is 2.47. The molecule has 3 nitrogen and oxygen atoms in total. The molecule has 0 saturated heterocycles. The van der Waals surface area contributed by atoms with Crippen molar-refractivity contribution in [2.45, 2.75) is 19.4 Å². The molecule has 0 spiro atoms. The highest BCUT2D eigenvalue weighted by atomic mass is 35.5. The molecule has 1 unspecified atom stereocenters. The zero-order valence-electron chi connectivity index (χ0n) is 7.51. The van der Waals surface area contributed by atoms with E-state index in [2.05, 4.69) is 12.0 Å². The number of hydrogen-bond donors (Lipinski definition) is 2. The molecule has 0 amide bonds. The Balaban J connectivity index is 2.78. The van der Waals surface area contributed by atoms with Gasteiger partial charge in [0.05, 0.1) is 12.3 Å². The van der Waals surface area contributed by atoms with E-state index in [4.69, 9.17) is 21.9 Å². The van der Waals surface area contributed by atoms with Gasteiger partial charge in [-0.3, -0.25) is 11.3 Å². The molecule has 0 aliphatic rings. The normalized spacial score (nSPS) is 12.8. The SMILES string of the molecule is C=C(C)CC(NN)c1ccoc1Cl. The van der Waals surface area contributed by atoms with E-state index in [1.165, 1.54) is 0 Å². The molecule has 1 rings (SSSR count). The van der Waals surface area contributed by atoms with Gasteiger partial charge in [0, 0.05) is 5.56 Å². The summed E-state index contributed by atoms with van der Waals surface area (Å²) in [5.41, 5.74) is 4.58. The maximum Gasteiger partial charge on any atom is 0.197 e. The number of furan rings is 1. The Bertz CT molecular complexity index is 296. The molecule has 72 valence electrons. The van der Waals surface area contributed by atoms with Crippen molar-refractivity contribution < 1.29 is 4.42 Å². The van der Waals surface area contributed by atoms with Crippen molar-refractivity contribution in [3.63, 3.8) is 0 Å². The van der Waals surface area contributed by atoms with Crippen LogP contribution in [0.2, 0.25) is 5.22 Å². The second-order valence-corrected chi connectivity index (χ2v) is 3.37. The standard InChI is InChI=1S/C9H13ClN2O/c1-6(2)5-8(12-11)7-3-4-13-9(7)10/h3-4,8,12H,1,5,11H2,2H3. The van der Waals surface area contributed by atoms with Crippen LogP contribution in [-0.2, 0) is 0 Å². The molecule has 1 heterocycles. The van der Waals surface area contributed by atoms with Crippen molar-refractivity contribution >= 4 is 11.6 Å². The maximum atomic E-state index is 5.80. The van der Waals surface area contributed by atoms with Crippen molar-refractivity contribution in [3.05, 3.63) is 35.3 Å². The van der Waals surface area contributed by atoms with E-state index in [1.54, 1.807) is 12.3 Å². The van der Waals surface area contributed by atoms with Crippen molar-refractivity contribution in [3.8, 4) is 0 Å². The van der Waals surface area contributed by atoms with Gasteiger partial charge in [-0.25, -0.2) is 0 Å². The average molecular weight is 201 g/mol. The summed E-state index contributed by atoms with van der Waals surface area (Å²) in [5.74, 6) is 5.39.